The number of nitrogens with zero attached hydrogens (tertiary/aromatic N) is 3. The van der Waals surface area contributed by atoms with E-state index in [1.807, 2.05) is 42.7 Å². The molecule has 168 valence electrons. The zero-order chi connectivity index (χ0) is 23.5. The molecule has 0 radical (unpaired) electrons. The van der Waals surface area contributed by atoms with Gasteiger partial charge in [-0.05, 0) is 44.2 Å². The lowest BCUT2D eigenvalue weighted by Gasteiger charge is -2.21. The van der Waals surface area contributed by atoms with Crippen LogP contribution < -0.4 is 9.73 Å². The summed E-state index contributed by atoms with van der Waals surface area (Å²) in [6, 6.07) is 14.6. The van der Waals surface area contributed by atoms with Crippen LogP contribution in [0, 0.1) is 19.7 Å². The SMILES string of the molecule is Cc1cc(/C=N/NC(=O)CN(c2ccccc2F)S(C)(=O)=O)c(C)n1-c1ccccc1Cl. The van der Waals surface area contributed by atoms with Crippen molar-refractivity contribution in [3.63, 3.8) is 0 Å². The molecule has 7 nitrogen and oxygen atoms in total. The summed E-state index contributed by atoms with van der Waals surface area (Å²) < 4.78 is 40.9. The molecule has 0 spiro atoms. The Labute approximate surface area is 191 Å². The minimum Gasteiger partial charge on any atom is -0.316 e. The smallest absolute Gasteiger partial charge is 0.260 e. The van der Waals surface area contributed by atoms with Crippen molar-refractivity contribution >= 4 is 39.4 Å². The second kappa shape index (κ2) is 9.54. The molecule has 32 heavy (non-hydrogen) atoms. The molecular formula is C22H22ClFN4O3S. The van der Waals surface area contributed by atoms with Crippen LogP contribution in [0.5, 0.6) is 0 Å². The third-order valence-electron chi connectivity index (χ3n) is 4.77. The first-order valence-corrected chi connectivity index (χ1v) is 11.8. The zero-order valence-corrected chi connectivity index (χ0v) is 19.3. The van der Waals surface area contributed by atoms with Gasteiger partial charge in [0.1, 0.15) is 12.4 Å². The molecule has 0 bridgehead atoms. The highest BCUT2D eigenvalue weighted by molar-refractivity contribution is 7.92. The summed E-state index contributed by atoms with van der Waals surface area (Å²) >= 11 is 6.31. The van der Waals surface area contributed by atoms with Crippen molar-refractivity contribution in [2.75, 3.05) is 17.1 Å². The average Bonchev–Trinajstić information content (AvgIpc) is 3.00. The van der Waals surface area contributed by atoms with Crippen molar-refractivity contribution in [2.45, 2.75) is 13.8 Å². The molecule has 1 heterocycles. The van der Waals surface area contributed by atoms with E-state index in [2.05, 4.69) is 10.5 Å². The number of carbonyl (C=O) groups excluding carboxylic acids is 1. The number of nitrogens with one attached hydrogen (secondary N) is 1. The average molecular weight is 477 g/mol. The summed E-state index contributed by atoms with van der Waals surface area (Å²) in [5.41, 5.74) is 5.44. The van der Waals surface area contributed by atoms with Gasteiger partial charge in [-0.1, -0.05) is 35.9 Å². The highest BCUT2D eigenvalue weighted by Gasteiger charge is 2.23. The number of halogens is 2. The van der Waals surface area contributed by atoms with Crippen LogP contribution >= 0.6 is 11.6 Å². The first kappa shape index (κ1) is 23.5. The van der Waals surface area contributed by atoms with Crippen LogP contribution in [0.15, 0.2) is 59.7 Å². The van der Waals surface area contributed by atoms with Crippen LogP contribution in [0.2, 0.25) is 5.02 Å². The highest BCUT2D eigenvalue weighted by Crippen LogP contribution is 2.25. The van der Waals surface area contributed by atoms with E-state index in [9.17, 15) is 17.6 Å². The third-order valence-corrected chi connectivity index (χ3v) is 6.21. The number of hydrazone groups is 1. The van der Waals surface area contributed by atoms with Crippen LogP contribution in [0.4, 0.5) is 10.1 Å². The van der Waals surface area contributed by atoms with Crippen LogP contribution in [-0.4, -0.2) is 37.9 Å². The van der Waals surface area contributed by atoms with Crippen LogP contribution in [0.1, 0.15) is 17.0 Å². The van der Waals surface area contributed by atoms with E-state index in [0.717, 1.165) is 35.0 Å². The summed E-state index contributed by atoms with van der Waals surface area (Å²) in [7, 11) is -3.89. The molecule has 0 atom stereocenters. The molecule has 1 N–H and O–H groups in total. The Balaban J connectivity index is 1.76. The molecule has 0 aliphatic heterocycles. The van der Waals surface area contributed by atoms with Crippen molar-refractivity contribution in [1.82, 2.24) is 9.99 Å². The van der Waals surface area contributed by atoms with Crippen LogP contribution in [-0.2, 0) is 14.8 Å². The first-order valence-electron chi connectivity index (χ1n) is 9.57. The van der Waals surface area contributed by atoms with Gasteiger partial charge in [0.25, 0.3) is 5.91 Å². The van der Waals surface area contributed by atoms with Crippen molar-refractivity contribution in [3.05, 3.63) is 82.4 Å². The molecule has 1 aromatic heterocycles. The highest BCUT2D eigenvalue weighted by atomic mass is 35.5. The minimum absolute atomic E-state index is 0.211. The Morgan fingerprint density at radius 3 is 2.50 bits per heavy atom. The van der Waals surface area contributed by atoms with Gasteiger partial charge < -0.3 is 4.57 Å². The summed E-state index contributed by atoms with van der Waals surface area (Å²) in [5, 5.41) is 4.54. The fourth-order valence-corrected chi connectivity index (χ4v) is 4.37. The Hall–Kier alpha value is -3.17. The lowest BCUT2D eigenvalue weighted by atomic mass is 10.2. The maximum atomic E-state index is 14.1. The normalized spacial score (nSPS) is 11.7. The number of amides is 1. The Kier molecular flexibility index (Phi) is 7.00. The van der Waals surface area contributed by atoms with Gasteiger partial charge in [0, 0.05) is 17.0 Å². The van der Waals surface area contributed by atoms with Crippen molar-refractivity contribution in [2.24, 2.45) is 5.10 Å². The molecule has 3 rings (SSSR count). The number of carbonyl (C=O) groups is 1. The maximum absolute atomic E-state index is 14.1. The van der Waals surface area contributed by atoms with Crippen LogP contribution in [0.25, 0.3) is 5.69 Å². The quantitative estimate of drug-likeness (QED) is 0.416. The van der Waals surface area contributed by atoms with Gasteiger partial charge in [0.2, 0.25) is 10.0 Å². The number of aryl methyl sites for hydroxylation is 1. The predicted molar refractivity (Wildman–Crippen MR) is 125 cm³/mol. The van der Waals surface area contributed by atoms with Gasteiger partial charge in [-0.2, -0.15) is 5.10 Å². The molecular weight excluding hydrogens is 455 g/mol. The second-order valence-electron chi connectivity index (χ2n) is 7.13. The number of benzene rings is 2. The minimum atomic E-state index is -3.89. The molecule has 0 aliphatic rings. The number of hydrogen-bond donors (Lipinski definition) is 1. The fraction of sp³-hybridized carbons (Fsp3) is 0.182. The molecule has 2 aromatic carbocycles. The van der Waals surface area contributed by atoms with E-state index in [-0.39, 0.29) is 5.69 Å². The van der Waals surface area contributed by atoms with E-state index < -0.39 is 28.3 Å². The van der Waals surface area contributed by atoms with Gasteiger partial charge in [0.15, 0.2) is 0 Å². The van der Waals surface area contributed by atoms with Crippen molar-refractivity contribution < 1.29 is 17.6 Å². The number of aromatic nitrogens is 1. The molecule has 3 aromatic rings. The lowest BCUT2D eigenvalue weighted by Crippen LogP contribution is -2.39. The number of anilines is 1. The molecule has 0 aliphatic carbocycles. The van der Waals surface area contributed by atoms with Crippen LogP contribution in [0.3, 0.4) is 0 Å². The summed E-state index contributed by atoms with van der Waals surface area (Å²) in [6.07, 6.45) is 2.36. The third kappa shape index (κ3) is 5.17. The fourth-order valence-electron chi connectivity index (χ4n) is 3.30. The molecule has 10 heteroatoms. The zero-order valence-electron chi connectivity index (χ0n) is 17.7. The van der Waals surface area contributed by atoms with Gasteiger partial charge in [-0.15, -0.1) is 0 Å². The number of sulfonamides is 1. The summed E-state index contributed by atoms with van der Waals surface area (Å²) in [6.45, 7) is 3.20. The first-order chi connectivity index (χ1) is 15.1. The van der Waals surface area contributed by atoms with E-state index in [1.54, 1.807) is 6.07 Å². The van der Waals surface area contributed by atoms with Gasteiger partial charge >= 0.3 is 0 Å². The lowest BCUT2D eigenvalue weighted by molar-refractivity contribution is -0.119. The molecule has 0 fully saturated rings. The molecule has 1 amide bonds. The maximum Gasteiger partial charge on any atom is 0.260 e. The van der Waals surface area contributed by atoms with Gasteiger partial charge in [0.05, 0.1) is 28.9 Å². The van der Waals surface area contributed by atoms with Gasteiger partial charge in [-0.25, -0.2) is 18.2 Å². The Morgan fingerprint density at radius 2 is 1.84 bits per heavy atom. The number of hydrogen-bond acceptors (Lipinski definition) is 4. The number of para-hydroxylation sites is 2. The van der Waals surface area contributed by atoms with E-state index in [4.69, 9.17) is 11.6 Å². The Morgan fingerprint density at radius 1 is 1.19 bits per heavy atom. The molecule has 0 saturated carbocycles. The van der Waals surface area contributed by atoms with Gasteiger partial charge in [-0.3, -0.25) is 9.10 Å². The topological polar surface area (TPSA) is 83.8 Å². The monoisotopic (exact) mass is 476 g/mol. The van der Waals surface area contributed by atoms with E-state index in [1.165, 1.54) is 24.4 Å². The molecule has 0 saturated heterocycles. The van der Waals surface area contributed by atoms with Crippen molar-refractivity contribution in [1.29, 1.82) is 0 Å². The summed E-state index contributed by atoms with van der Waals surface area (Å²) in [5.74, 6) is -1.46. The molecule has 0 unspecified atom stereocenters. The standard InChI is InChI=1S/C22H22ClFN4O3S/c1-15-12-17(16(2)28(15)20-10-6-4-8-18(20)23)13-25-26-22(29)14-27(32(3,30)31)21-11-7-5-9-19(21)24/h4-13H,14H2,1-3H3,(H,26,29)/b25-13+. The summed E-state index contributed by atoms with van der Waals surface area (Å²) in [4.78, 5) is 12.3. The van der Waals surface area contributed by atoms with E-state index >= 15 is 0 Å². The van der Waals surface area contributed by atoms with Crippen molar-refractivity contribution in [3.8, 4) is 5.69 Å². The predicted octanol–water partition coefficient (Wildman–Crippen LogP) is 3.80. The second-order valence-corrected chi connectivity index (χ2v) is 9.44. The number of rotatable bonds is 7. The van der Waals surface area contributed by atoms with E-state index in [0.29, 0.717) is 9.33 Å². The largest absolute Gasteiger partial charge is 0.316 e. The Bertz CT molecular complexity index is 1290.